The average Bonchev–Trinajstić information content (AvgIpc) is 3.21. The van der Waals surface area contributed by atoms with Gasteiger partial charge in [-0.05, 0) is 55.2 Å². The van der Waals surface area contributed by atoms with Crippen LogP contribution in [-0.4, -0.2) is 32.2 Å². The zero-order chi connectivity index (χ0) is 14.8. The quantitative estimate of drug-likeness (QED) is 0.896. The Kier molecular flexibility index (Phi) is 4.01. The summed E-state index contributed by atoms with van der Waals surface area (Å²) in [6, 6.07) is 7.87. The summed E-state index contributed by atoms with van der Waals surface area (Å²) in [7, 11) is 0. The molecular weight excluding hydrogens is 334 g/mol. The van der Waals surface area contributed by atoms with Gasteiger partial charge in [0.1, 0.15) is 6.54 Å². The lowest BCUT2D eigenvalue weighted by Gasteiger charge is -2.11. The number of amides is 1. The molecule has 7 heteroatoms. The van der Waals surface area contributed by atoms with Crippen LogP contribution in [0.5, 0.6) is 0 Å². The molecule has 1 fully saturated rings. The van der Waals surface area contributed by atoms with Gasteiger partial charge in [0, 0.05) is 16.1 Å². The topological polar surface area (TPSA) is 72.7 Å². The van der Waals surface area contributed by atoms with Crippen LogP contribution in [0, 0.1) is 5.92 Å². The Morgan fingerprint density at radius 1 is 1.43 bits per heavy atom. The van der Waals surface area contributed by atoms with Crippen LogP contribution in [0.15, 0.2) is 28.7 Å². The molecule has 6 nitrogen and oxygen atoms in total. The molecule has 3 rings (SSSR count). The van der Waals surface area contributed by atoms with Crippen LogP contribution in [0.25, 0.3) is 11.4 Å². The first-order valence-corrected chi connectivity index (χ1v) is 7.74. The highest BCUT2D eigenvalue weighted by Crippen LogP contribution is 2.32. The molecular formula is C14H16BrN5O. The van der Waals surface area contributed by atoms with Gasteiger partial charge in [-0.2, -0.15) is 4.80 Å². The van der Waals surface area contributed by atoms with Gasteiger partial charge in [-0.1, -0.05) is 15.9 Å². The standard InChI is InChI=1S/C14H16BrN5O/c1-9(10-2-3-10)16-13(21)8-20-18-14(17-19-20)11-4-6-12(15)7-5-11/h4-7,9-10H,2-3,8H2,1H3,(H,16,21)/t9-/m1/s1. The minimum atomic E-state index is -0.0749. The van der Waals surface area contributed by atoms with E-state index in [0.29, 0.717) is 11.7 Å². The third kappa shape index (κ3) is 3.66. The van der Waals surface area contributed by atoms with Crippen LogP contribution in [0.3, 0.4) is 0 Å². The van der Waals surface area contributed by atoms with Crippen LogP contribution >= 0.6 is 15.9 Å². The summed E-state index contributed by atoms with van der Waals surface area (Å²) in [4.78, 5) is 13.2. The van der Waals surface area contributed by atoms with Crippen molar-refractivity contribution in [2.75, 3.05) is 0 Å². The minimum Gasteiger partial charge on any atom is -0.352 e. The third-order valence-corrected chi connectivity index (χ3v) is 4.09. The van der Waals surface area contributed by atoms with Gasteiger partial charge >= 0.3 is 0 Å². The van der Waals surface area contributed by atoms with Crippen molar-refractivity contribution in [1.82, 2.24) is 25.5 Å². The van der Waals surface area contributed by atoms with Gasteiger partial charge in [-0.25, -0.2) is 0 Å². The molecule has 1 amide bonds. The fourth-order valence-electron chi connectivity index (χ4n) is 2.17. The van der Waals surface area contributed by atoms with Crippen molar-refractivity contribution in [3.63, 3.8) is 0 Å². The van der Waals surface area contributed by atoms with Gasteiger partial charge in [0.15, 0.2) is 0 Å². The van der Waals surface area contributed by atoms with Gasteiger partial charge in [0.05, 0.1) is 0 Å². The first kappa shape index (κ1) is 14.2. The van der Waals surface area contributed by atoms with E-state index in [1.807, 2.05) is 31.2 Å². The molecule has 0 bridgehead atoms. The molecule has 1 atom stereocenters. The molecule has 21 heavy (non-hydrogen) atoms. The summed E-state index contributed by atoms with van der Waals surface area (Å²) in [5, 5.41) is 15.1. The number of aromatic nitrogens is 4. The van der Waals surface area contributed by atoms with Crippen molar-refractivity contribution in [1.29, 1.82) is 0 Å². The van der Waals surface area contributed by atoms with E-state index in [2.05, 4.69) is 36.7 Å². The summed E-state index contributed by atoms with van der Waals surface area (Å²) in [6.07, 6.45) is 2.41. The summed E-state index contributed by atoms with van der Waals surface area (Å²) in [6.45, 7) is 2.14. The molecule has 1 aliphatic carbocycles. The zero-order valence-corrected chi connectivity index (χ0v) is 13.2. The van der Waals surface area contributed by atoms with Crippen molar-refractivity contribution < 1.29 is 4.79 Å². The molecule has 2 aromatic rings. The Labute approximate surface area is 131 Å². The van der Waals surface area contributed by atoms with E-state index in [9.17, 15) is 4.79 Å². The highest BCUT2D eigenvalue weighted by atomic mass is 79.9. The lowest BCUT2D eigenvalue weighted by atomic mass is 10.2. The molecule has 110 valence electrons. The highest BCUT2D eigenvalue weighted by Gasteiger charge is 2.28. The molecule has 1 N–H and O–H groups in total. The Hall–Kier alpha value is -1.76. The number of nitrogens with zero attached hydrogens (tertiary/aromatic N) is 4. The van der Waals surface area contributed by atoms with E-state index >= 15 is 0 Å². The maximum atomic E-state index is 11.9. The Morgan fingerprint density at radius 3 is 2.81 bits per heavy atom. The molecule has 1 saturated carbocycles. The molecule has 0 radical (unpaired) electrons. The number of hydrogen-bond acceptors (Lipinski definition) is 4. The van der Waals surface area contributed by atoms with E-state index < -0.39 is 0 Å². The van der Waals surface area contributed by atoms with Gasteiger partial charge < -0.3 is 5.32 Å². The molecule has 0 aliphatic heterocycles. The fourth-order valence-corrected chi connectivity index (χ4v) is 2.43. The Balaban J connectivity index is 1.61. The number of tetrazole rings is 1. The number of nitrogens with one attached hydrogen (secondary N) is 1. The molecule has 0 saturated heterocycles. The fraction of sp³-hybridized carbons (Fsp3) is 0.429. The largest absolute Gasteiger partial charge is 0.352 e. The van der Waals surface area contributed by atoms with Gasteiger partial charge in [-0.15, -0.1) is 10.2 Å². The predicted molar refractivity (Wildman–Crippen MR) is 81.3 cm³/mol. The lowest BCUT2D eigenvalue weighted by Crippen LogP contribution is -2.36. The van der Waals surface area contributed by atoms with Crippen molar-refractivity contribution in [2.24, 2.45) is 5.92 Å². The molecule has 1 heterocycles. The molecule has 1 aromatic heterocycles. The maximum Gasteiger partial charge on any atom is 0.243 e. The molecule has 0 spiro atoms. The average molecular weight is 350 g/mol. The van der Waals surface area contributed by atoms with E-state index in [1.54, 1.807) is 0 Å². The van der Waals surface area contributed by atoms with E-state index in [1.165, 1.54) is 17.6 Å². The first-order chi connectivity index (χ1) is 10.1. The third-order valence-electron chi connectivity index (χ3n) is 3.56. The van der Waals surface area contributed by atoms with E-state index in [4.69, 9.17) is 0 Å². The second kappa shape index (κ2) is 5.93. The highest BCUT2D eigenvalue weighted by molar-refractivity contribution is 9.10. The number of carbonyl (C=O) groups is 1. The molecule has 1 aliphatic rings. The second-order valence-electron chi connectivity index (χ2n) is 5.34. The number of hydrogen-bond donors (Lipinski definition) is 1. The Bertz CT molecular complexity index is 635. The van der Waals surface area contributed by atoms with E-state index in [-0.39, 0.29) is 18.5 Å². The van der Waals surface area contributed by atoms with Crippen molar-refractivity contribution in [3.05, 3.63) is 28.7 Å². The van der Waals surface area contributed by atoms with Crippen LogP contribution in [-0.2, 0) is 11.3 Å². The van der Waals surface area contributed by atoms with Crippen LogP contribution < -0.4 is 5.32 Å². The lowest BCUT2D eigenvalue weighted by molar-refractivity contribution is -0.122. The second-order valence-corrected chi connectivity index (χ2v) is 6.26. The zero-order valence-electron chi connectivity index (χ0n) is 11.7. The van der Waals surface area contributed by atoms with Gasteiger partial charge in [0.25, 0.3) is 0 Å². The molecule has 0 unspecified atom stereocenters. The summed E-state index contributed by atoms with van der Waals surface area (Å²) in [5.74, 6) is 1.08. The summed E-state index contributed by atoms with van der Waals surface area (Å²) < 4.78 is 0.993. The minimum absolute atomic E-state index is 0.0749. The number of rotatable bonds is 5. The van der Waals surface area contributed by atoms with Crippen molar-refractivity contribution >= 4 is 21.8 Å². The monoisotopic (exact) mass is 349 g/mol. The van der Waals surface area contributed by atoms with Crippen molar-refractivity contribution in [2.45, 2.75) is 32.4 Å². The number of halogens is 1. The Morgan fingerprint density at radius 2 is 2.14 bits per heavy atom. The summed E-state index contributed by atoms with van der Waals surface area (Å²) >= 11 is 3.38. The van der Waals surface area contributed by atoms with Gasteiger partial charge in [-0.3, -0.25) is 4.79 Å². The van der Waals surface area contributed by atoms with Gasteiger partial charge in [0.2, 0.25) is 11.7 Å². The normalized spacial score (nSPS) is 15.7. The van der Waals surface area contributed by atoms with Crippen molar-refractivity contribution in [3.8, 4) is 11.4 Å². The SMILES string of the molecule is C[C@@H](NC(=O)Cn1nnc(-c2ccc(Br)cc2)n1)C1CC1. The van der Waals surface area contributed by atoms with Crippen LogP contribution in [0.4, 0.5) is 0 Å². The maximum absolute atomic E-state index is 11.9. The van der Waals surface area contributed by atoms with E-state index in [0.717, 1.165) is 10.0 Å². The number of carbonyl (C=O) groups excluding carboxylic acids is 1. The summed E-state index contributed by atoms with van der Waals surface area (Å²) in [5.41, 5.74) is 0.871. The first-order valence-electron chi connectivity index (χ1n) is 6.95. The van der Waals surface area contributed by atoms with Crippen LogP contribution in [0.2, 0.25) is 0 Å². The van der Waals surface area contributed by atoms with Crippen LogP contribution in [0.1, 0.15) is 19.8 Å². The predicted octanol–water partition coefficient (Wildman–Crippen LogP) is 2.02. The molecule has 1 aromatic carbocycles. The number of benzene rings is 1. The smallest absolute Gasteiger partial charge is 0.243 e.